The molecule has 0 fully saturated rings. The van der Waals surface area contributed by atoms with Crippen LogP contribution >= 0.6 is 27.3 Å². The second kappa shape index (κ2) is 8.83. The Morgan fingerprint density at radius 3 is 2.65 bits per heavy atom. The number of nitrogens with one attached hydrogen (secondary N) is 1. The Balaban J connectivity index is 1.88. The highest BCUT2D eigenvalue weighted by Gasteiger charge is 2.23. The van der Waals surface area contributed by atoms with Crippen LogP contribution in [0.1, 0.15) is 27.8 Å². The maximum atomic E-state index is 13.3. The molecule has 2 aromatic heterocycles. The lowest BCUT2D eigenvalue weighted by Gasteiger charge is -2.10. The summed E-state index contributed by atoms with van der Waals surface area (Å²) in [4.78, 5) is 38.6. The maximum absolute atomic E-state index is 13.3. The Labute approximate surface area is 189 Å². The summed E-state index contributed by atoms with van der Waals surface area (Å²) in [6.07, 6.45) is 0. The number of esters is 1. The highest BCUT2D eigenvalue weighted by molar-refractivity contribution is 9.10. The molecule has 31 heavy (non-hydrogen) atoms. The highest BCUT2D eigenvalue weighted by Crippen LogP contribution is 2.31. The molecule has 4 rings (SSSR count). The molecule has 0 saturated carbocycles. The van der Waals surface area contributed by atoms with Crippen LogP contribution in [-0.2, 0) is 4.74 Å². The van der Waals surface area contributed by atoms with Gasteiger partial charge in [0.1, 0.15) is 5.00 Å². The van der Waals surface area contributed by atoms with Crippen molar-refractivity contribution >= 4 is 54.9 Å². The smallest absolute Gasteiger partial charge is 0.359 e. The van der Waals surface area contributed by atoms with Crippen LogP contribution in [0, 0.1) is 0 Å². The minimum atomic E-state index is -0.639. The van der Waals surface area contributed by atoms with Gasteiger partial charge < -0.3 is 10.1 Å². The molecule has 0 atom stereocenters. The van der Waals surface area contributed by atoms with Crippen molar-refractivity contribution in [3.8, 4) is 5.69 Å². The number of hydrogen-bond acceptors (Lipinski definition) is 6. The number of rotatable bonds is 5. The van der Waals surface area contributed by atoms with Crippen LogP contribution in [0.2, 0.25) is 0 Å². The number of fused-ring (bicyclic) bond motifs is 1. The molecule has 0 bridgehead atoms. The van der Waals surface area contributed by atoms with Gasteiger partial charge in [0.15, 0.2) is 5.69 Å². The molecule has 0 spiro atoms. The number of benzene rings is 2. The van der Waals surface area contributed by atoms with Crippen LogP contribution in [0.3, 0.4) is 0 Å². The standard InChI is InChI=1S/C22H16BrN3O4S/c1-2-30-22(29)18-16-12-31-20(24-19(27)13-7-6-8-14(23)11-13)17(16)21(28)26(25-18)15-9-4-3-5-10-15/h3-12H,2H2,1H3,(H,24,27). The number of anilines is 1. The third kappa shape index (κ3) is 4.14. The number of amides is 1. The summed E-state index contributed by atoms with van der Waals surface area (Å²) in [6, 6.07) is 15.7. The maximum Gasteiger partial charge on any atom is 0.359 e. The summed E-state index contributed by atoms with van der Waals surface area (Å²) in [6.45, 7) is 1.86. The molecule has 0 aliphatic rings. The molecule has 1 N–H and O–H groups in total. The van der Waals surface area contributed by atoms with Crippen LogP contribution in [0.5, 0.6) is 0 Å². The summed E-state index contributed by atoms with van der Waals surface area (Å²) in [5, 5.41) is 9.57. The number of ether oxygens (including phenoxy) is 1. The van der Waals surface area contributed by atoms with Crippen LogP contribution in [0.25, 0.3) is 16.5 Å². The normalized spacial score (nSPS) is 10.8. The Morgan fingerprint density at radius 1 is 1.16 bits per heavy atom. The molecule has 2 heterocycles. The van der Waals surface area contributed by atoms with Gasteiger partial charge in [0, 0.05) is 20.8 Å². The fourth-order valence-electron chi connectivity index (χ4n) is 3.04. The predicted molar refractivity (Wildman–Crippen MR) is 123 cm³/mol. The van der Waals surface area contributed by atoms with Gasteiger partial charge in [-0.05, 0) is 37.3 Å². The van der Waals surface area contributed by atoms with Crippen LogP contribution in [0.4, 0.5) is 5.00 Å². The zero-order valence-corrected chi connectivity index (χ0v) is 18.7. The van der Waals surface area contributed by atoms with E-state index in [4.69, 9.17) is 4.74 Å². The van der Waals surface area contributed by atoms with E-state index in [0.717, 1.165) is 20.5 Å². The lowest BCUT2D eigenvalue weighted by atomic mass is 10.2. The third-order valence-corrected chi connectivity index (χ3v) is 5.82. The molecular weight excluding hydrogens is 482 g/mol. The first kappa shape index (κ1) is 21.0. The van der Waals surface area contributed by atoms with E-state index in [2.05, 4.69) is 26.3 Å². The summed E-state index contributed by atoms with van der Waals surface area (Å²) in [5.41, 5.74) is 0.494. The Kier molecular flexibility index (Phi) is 5.97. The number of halogens is 1. The SMILES string of the molecule is CCOC(=O)c1nn(-c2ccccc2)c(=O)c2c(NC(=O)c3cccc(Br)c3)scc12. The summed E-state index contributed by atoms with van der Waals surface area (Å²) >= 11 is 4.50. The van der Waals surface area contributed by atoms with Gasteiger partial charge in [0.2, 0.25) is 0 Å². The van der Waals surface area contributed by atoms with Crippen LogP contribution in [-0.4, -0.2) is 28.3 Å². The van der Waals surface area contributed by atoms with Crippen LogP contribution in [0.15, 0.2) is 69.2 Å². The van der Waals surface area contributed by atoms with Gasteiger partial charge in [0.25, 0.3) is 11.5 Å². The summed E-state index contributed by atoms with van der Waals surface area (Å²) < 4.78 is 7.04. The van der Waals surface area contributed by atoms with E-state index in [9.17, 15) is 14.4 Å². The molecule has 7 nitrogen and oxygen atoms in total. The molecule has 0 saturated heterocycles. The van der Waals surface area contributed by atoms with Crippen molar-refractivity contribution in [1.82, 2.24) is 9.78 Å². The zero-order chi connectivity index (χ0) is 22.0. The number of para-hydroxylation sites is 1. The first-order valence-corrected chi connectivity index (χ1v) is 11.0. The number of carbonyl (C=O) groups is 2. The Morgan fingerprint density at radius 2 is 1.94 bits per heavy atom. The second-order valence-corrected chi connectivity index (χ2v) is 8.23. The molecule has 4 aromatic rings. The number of aromatic nitrogens is 2. The molecule has 0 aliphatic carbocycles. The van der Waals surface area contributed by atoms with E-state index >= 15 is 0 Å². The van der Waals surface area contributed by atoms with Crippen molar-refractivity contribution in [3.63, 3.8) is 0 Å². The minimum absolute atomic E-state index is 0.0134. The van der Waals surface area contributed by atoms with E-state index < -0.39 is 11.5 Å². The number of nitrogens with zero attached hydrogens (tertiary/aromatic N) is 2. The lowest BCUT2D eigenvalue weighted by molar-refractivity contribution is 0.0520. The van der Waals surface area contributed by atoms with Gasteiger partial charge in [-0.3, -0.25) is 9.59 Å². The molecular formula is C22H16BrN3O4S. The predicted octanol–water partition coefficient (Wildman–Crippen LogP) is 4.64. The molecule has 1 amide bonds. The summed E-state index contributed by atoms with van der Waals surface area (Å²) in [7, 11) is 0. The topological polar surface area (TPSA) is 90.3 Å². The zero-order valence-electron chi connectivity index (χ0n) is 16.3. The fourth-order valence-corrected chi connectivity index (χ4v) is 4.37. The third-order valence-electron chi connectivity index (χ3n) is 4.44. The van der Waals surface area contributed by atoms with Gasteiger partial charge >= 0.3 is 5.97 Å². The van der Waals surface area contributed by atoms with Gasteiger partial charge in [0.05, 0.1) is 17.7 Å². The fraction of sp³-hybridized carbons (Fsp3) is 0.0909. The second-order valence-electron chi connectivity index (χ2n) is 6.44. The van der Waals surface area contributed by atoms with E-state index in [-0.39, 0.29) is 23.6 Å². The van der Waals surface area contributed by atoms with Crippen molar-refractivity contribution in [2.24, 2.45) is 0 Å². The van der Waals surface area contributed by atoms with Gasteiger partial charge in [-0.25, -0.2) is 4.79 Å². The first-order chi connectivity index (χ1) is 15.0. The molecule has 0 aliphatic heterocycles. The summed E-state index contributed by atoms with van der Waals surface area (Å²) in [5.74, 6) is -1.01. The largest absolute Gasteiger partial charge is 0.461 e. The van der Waals surface area contributed by atoms with Crippen molar-refractivity contribution in [1.29, 1.82) is 0 Å². The number of thiophene rings is 1. The number of hydrogen-bond donors (Lipinski definition) is 1. The average molecular weight is 498 g/mol. The Hall–Kier alpha value is -3.30. The quantitative estimate of drug-likeness (QED) is 0.405. The van der Waals surface area contributed by atoms with Crippen LogP contribution < -0.4 is 10.9 Å². The monoisotopic (exact) mass is 497 g/mol. The average Bonchev–Trinajstić information content (AvgIpc) is 3.19. The van der Waals surface area contributed by atoms with E-state index in [0.29, 0.717) is 21.6 Å². The Bertz CT molecular complexity index is 1350. The van der Waals surface area contributed by atoms with E-state index in [1.807, 2.05) is 12.1 Å². The van der Waals surface area contributed by atoms with Crippen molar-refractivity contribution in [2.45, 2.75) is 6.92 Å². The molecule has 0 unspecified atom stereocenters. The number of carbonyl (C=O) groups excluding carboxylic acids is 2. The molecule has 156 valence electrons. The highest BCUT2D eigenvalue weighted by atomic mass is 79.9. The van der Waals surface area contributed by atoms with Gasteiger partial charge in [-0.2, -0.15) is 9.78 Å². The van der Waals surface area contributed by atoms with E-state index in [1.165, 1.54) is 0 Å². The molecule has 9 heteroatoms. The molecule has 0 radical (unpaired) electrons. The van der Waals surface area contributed by atoms with Crippen molar-refractivity contribution in [2.75, 3.05) is 11.9 Å². The van der Waals surface area contributed by atoms with Gasteiger partial charge in [-0.15, -0.1) is 11.3 Å². The van der Waals surface area contributed by atoms with Crippen molar-refractivity contribution < 1.29 is 14.3 Å². The lowest BCUT2D eigenvalue weighted by Crippen LogP contribution is -2.25. The van der Waals surface area contributed by atoms with E-state index in [1.54, 1.807) is 54.8 Å². The van der Waals surface area contributed by atoms with Crippen molar-refractivity contribution in [3.05, 3.63) is 86.1 Å². The minimum Gasteiger partial charge on any atom is -0.461 e. The molecule has 2 aromatic carbocycles. The first-order valence-electron chi connectivity index (χ1n) is 9.33. The van der Waals surface area contributed by atoms with Gasteiger partial charge in [-0.1, -0.05) is 40.2 Å².